The SMILES string of the molecule is Cc1cccc2cc(C(N)=O)n(C)c12. The van der Waals surface area contributed by atoms with Crippen molar-refractivity contribution in [3.8, 4) is 0 Å². The molecular formula is C11H12N2O. The zero-order valence-electron chi connectivity index (χ0n) is 8.24. The van der Waals surface area contributed by atoms with Crippen LogP contribution in [0.15, 0.2) is 24.3 Å². The number of rotatable bonds is 1. The van der Waals surface area contributed by atoms with Crippen LogP contribution in [0, 0.1) is 6.92 Å². The molecule has 3 heteroatoms. The second-order valence-electron chi connectivity index (χ2n) is 3.47. The number of fused-ring (bicyclic) bond motifs is 1. The van der Waals surface area contributed by atoms with E-state index in [1.807, 2.05) is 42.8 Å². The Bertz CT molecular complexity index is 511. The fraction of sp³-hybridized carbons (Fsp3) is 0.182. The average Bonchev–Trinajstić information content (AvgIpc) is 2.45. The predicted octanol–water partition coefficient (Wildman–Crippen LogP) is 1.59. The fourth-order valence-electron chi connectivity index (χ4n) is 1.86. The third-order valence-electron chi connectivity index (χ3n) is 2.51. The monoisotopic (exact) mass is 188 g/mol. The molecule has 1 aromatic heterocycles. The number of carbonyl (C=O) groups excluding carboxylic acids is 1. The van der Waals surface area contributed by atoms with Gasteiger partial charge in [-0.3, -0.25) is 4.79 Å². The summed E-state index contributed by atoms with van der Waals surface area (Å²) in [4.78, 5) is 11.1. The first-order valence-corrected chi connectivity index (χ1v) is 4.46. The van der Waals surface area contributed by atoms with Crippen LogP contribution in [-0.4, -0.2) is 10.5 Å². The standard InChI is InChI=1S/C11H12N2O/c1-7-4-3-5-8-6-9(11(12)14)13(2)10(7)8/h3-6H,1-2H3,(H2,12,14). The third-order valence-corrected chi connectivity index (χ3v) is 2.51. The van der Waals surface area contributed by atoms with Crippen molar-refractivity contribution < 1.29 is 4.79 Å². The molecule has 0 spiro atoms. The van der Waals surface area contributed by atoms with Crippen LogP contribution in [0.2, 0.25) is 0 Å². The minimum Gasteiger partial charge on any atom is -0.364 e. The molecule has 0 unspecified atom stereocenters. The van der Waals surface area contributed by atoms with E-state index in [1.165, 1.54) is 0 Å². The number of benzene rings is 1. The zero-order chi connectivity index (χ0) is 10.3. The number of aryl methyl sites for hydroxylation is 2. The molecule has 2 aromatic rings. The molecule has 1 aromatic carbocycles. The van der Waals surface area contributed by atoms with Crippen LogP contribution in [0.25, 0.3) is 10.9 Å². The van der Waals surface area contributed by atoms with Gasteiger partial charge in [0.05, 0.1) is 5.52 Å². The van der Waals surface area contributed by atoms with Gasteiger partial charge in [0, 0.05) is 12.4 Å². The van der Waals surface area contributed by atoms with Gasteiger partial charge in [-0.1, -0.05) is 18.2 Å². The molecular weight excluding hydrogens is 176 g/mol. The zero-order valence-corrected chi connectivity index (χ0v) is 8.24. The molecule has 0 aliphatic rings. The Morgan fingerprint density at radius 1 is 1.43 bits per heavy atom. The van der Waals surface area contributed by atoms with E-state index in [0.29, 0.717) is 5.69 Å². The number of primary amides is 1. The van der Waals surface area contributed by atoms with Crippen molar-refractivity contribution in [2.24, 2.45) is 12.8 Å². The second kappa shape index (κ2) is 2.87. The maximum absolute atomic E-state index is 11.1. The minimum atomic E-state index is -0.386. The lowest BCUT2D eigenvalue weighted by Crippen LogP contribution is -2.14. The normalized spacial score (nSPS) is 10.7. The molecule has 0 bridgehead atoms. The molecule has 0 radical (unpaired) electrons. The number of para-hydroxylation sites is 1. The maximum atomic E-state index is 11.1. The summed E-state index contributed by atoms with van der Waals surface area (Å²) in [5.74, 6) is -0.386. The van der Waals surface area contributed by atoms with E-state index >= 15 is 0 Å². The Morgan fingerprint density at radius 2 is 2.14 bits per heavy atom. The Balaban J connectivity index is 2.87. The molecule has 1 amide bonds. The summed E-state index contributed by atoms with van der Waals surface area (Å²) >= 11 is 0. The van der Waals surface area contributed by atoms with Gasteiger partial charge in [0.15, 0.2) is 0 Å². The molecule has 0 saturated carbocycles. The van der Waals surface area contributed by atoms with Crippen LogP contribution in [0.3, 0.4) is 0 Å². The second-order valence-corrected chi connectivity index (χ2v) is 3.47. The lowest BCUT2D eigenvalue weighted by molar-refractivity contribution is 0.0993. The van der Waals surface area contributed by atoms with Gasteiger partial charge >= 0.3 is 0 Å². The highest BCUT2D eigenvalue weighted by atomic mass is 16.1. The van der Waals surface area contributed by atoms with Gasteiger partial charge in [0.25, 0.3) is 5.91 Å². The third kappa shape index (κ3) is 1.09. The van der Waals surface area contributed by atoms with Crippen molar-refractivity contribution in [1.82, 2.24) is 4.57 Å². The Morgan fingerprint density at radius 3 is 2.71 bits per heavy atom. The van der Waals surface area contributed by atoms with Gasteiger partial charge in [-0.05, 0) is 18.6 Å². The Kier molecular flexibility index (Phi) is 1.81. The molecule has 0 aliphatic carbocycles. The van der Waals surface area contributed by atoms with Gasteiger partial charge < -0.3 is 10.3 Å². The summed E-state index contributed by atoms with van der Waals surface area (Å²) in [6.07, 6.45) is 0. The molecule has 3 nitrogen and oxygen atoms in total. The van der Waals surface area contributed by atoms with E-state index in [2.05, 4.69) is 0 Å². The van der Waals surface area contributed by atoms with E-state index < -0.39 is 0 Å². The van der Waals surface area contributed by atoms with Gasteiger partial charge in [-0.2, -0.15) is 0 Å². The number of carbonyl (C=O) groups is 1. The topological polar surface area (TPSA) is 48.0 Å². The van der Waals surface area contributed by atoms with Crippen LogP contribution in [0.1, 0.15) is 16.1 Å². The smallest absolute Gasteiger partial charge is 0.265 e. The first-order valence-electron chi connectivity index (χ1n) is 4.46. The molecule has 2 rings (SSSR count). The first kappa shape index (κ1) is 8.81. The van der Waals surface area contributed by atoms with Crippen LogP contribution in [0.4, 0.5) is 0 Å². The van der Waals surface area contributed by atoms with Crippen molar-refractivity contribution >= 4 is 16.8 Å². The molecule has 72 valence electrons. The molecule has 0 atom stereocenters. The van der Waals surface area contributed by atoms with E-state index in [-0.39, 0.29) is 5.91 Å². The first-order chi connectivity index (χ1) is 6.61. The van der Waals surface area contributed by atoms with E-state index in [9.17, 15) is 4.79 Å². The minimum absolute atomic E-state index is 0.386. The van der Waals surface area contributed by atoms with Crippen molar-refractivity contribution in [3.63, 3.8) is 0 Å². The molecule has 0 fully saturated rings. The molecule has 0 saturated heterocycles. The highest BCUT2D eigenvalue weighted by molar-refractivity contribution is 5.98. The van der Waals surface area contributed by atoms with Crippen molar-refractivity contribution in [3.05, 3.63) is 35.5 Å². The molecule has 2 N–H and O–H groups in total. The Hall–Kier alpha value is -1.77. The fourth-order valence-corrected chi connectivity index (χ4v) is 1.86. The van der Waals surface area contributed by atoms with E-state index in [1.54, 1.807) is 0 Å². The number of nitrogens with zero attached hydrogens (tertiary/aromatic N) is 1. The van der Waals surface area contributed by atoms with Gasteiger partial charge in [0.1, 0.15) is 5.69 Å². The van der Waals surface area contributed by atoms with Crippen LogP contribution in [-0.2, 0) is 7.05 Å². The van der Waals surface area contributed by atoms with Gasteiger partial charge in [0.2, 0.25) is 0 Å². The summed E-state index contributed by atoms with van der Waals surface area (Å²) < 4.78 is 1.84. The largest absolute Gasteiger partial charge is 0.364 e. The van der Waals surface area contributed by atoms with E-state index in [4.69, 9.17) is 5.73 Å². The average molecular weight is 188 g/mol. The van der Waals surface area contributed by atoms with Crippen molar-refractivity contribution in [2.75, 3.05) is 0 Å². The van der Waals surface area contributed by atoms with E-state index in [0.717, 1.165) is 16.5 Å². The maximum Gasteiger partial charge on any atom is 0.265 e. The van der Waals surface area contributed by atoms with Crippen molar-refractivity contribution in [1.29, 1.82) is 0 Å². The van der Waals surface area contributed by atoms with Gasteiger partial charge in [-0.25, -0.2) is 0 Å². The van der Waals surface area contributed by atoms with Crippen LogP contribution in [0.5, 0.6) is 0 Å². The number of hydrogen-bond acceptors (Lipinski definition) is 1. The summed E-state index contributed by atoms with van der Waals surface area (Å²) in [6.45, 7) is 2.02. The number of nitrogens with two attached hydrogens (primary N) is 1. The predicted molar refractivity (Wildman–Crippen MR) is 56.2 cm³/mol. The molecule has 14 heavy (non-hydrogen) atoms. The van der Waals surface area contributed by atoms with Gasteiger partial charge in [-0.15, -0.1) is 0 Å². The molecule has 1 heterocycles. The highest BCUT2D eigenvalue weighted by Crippen LogP contribution is 2.21. The quantitative estimate of drug-likeness (QED) is 0.725. The number of aromatic nitrogens is 1. The lowest BCUT2D eigenvalue weighted by Gasteiger charge is -2.02. The number of amides is 1. The summed E-state index contributed by atoms with van der Waals surface area (Å²) in [5, 5.41) is 1.06. The summed E-state index contributed by atoms with van der Waals surface area (Å²) in [5.41, 5.74) is 8.04. The van der Waals surface area contributed by atoms with Crippen molar-refractivity contribution in [2.45, 2.75) is 6.92 Å². The molecule has 0 aliphatic heterocycles. The van der Waals surface area contributed by atoms with Crippen LogP contribution < -0.4 is 5.73 Å². The summed E-state index contributed by atoms with van der Waals surface area (Å²) in [7, 11) is 1.86. The lowest BCUT2D eigenvalue weighted by atomic mass is 10.2. The Labute approximate surface area is 82.1 Å². The number of hydrogen-bond donors (Lipinski definition) is 1. The summed E-state index contributed by atoms with van der Waals surface area (Å²) in [6, 6.07) is 7.80. The van der Waals surface area contributed by atoms with Crippen LogP contribution >= 0.6 is 0 Å². The highest BCUT2D eigenvalue weighted by Gasteiger charge is 2.10.